The van der Waals surface area contributed by atoms with Crippen molar-refractivity contribution >= 4 is 17.3 Å². The first kappa shape index (κ1) is 13.6. The number of benzene rings is 1. The van der Waals surface area contributed by atoms with E-state index < -0.39 is 5.56 Å². The number of carbonyl (C=O) groups is 1. The quantitative estimate of drug-likeness (QED) is 0.671. The third-order valence-electron chi connectivity index (χ3n) is 2.80. The molecule has 20 heavy (non-hydrogen) atoms. The molecule has 2 rings (SSSR count). The molecular weight excluding hydrogens is 258 g/mol. The molecule has 0 aliphatic rings. The van der Waals surface area contributed by atoms with Crippen molar-refractivity contribution in [3.63, 3.8) is 0 Å². The summed E-state index contributed by atoms with van der Waals surface area (Å²) in [5, 5.41) is 2.46. The molecule has 0 atom stereocenters. The lowest BCUT2D eigenvalue weighted by Crippen LogP contribution is -2.32. The number of anilines is 2. The van der Waals surface area contributed by atoms with Crippen molar-refractivity contribution in [1.82, 2.24) is 14.9 Å². The zero-order valence-electron chi connectivity index (χ0n) is 11.0. The molecule has 1 amide bonds. The van der Waals surface area contributed by atoms with Gasteiger partial charge in [0.15, 0.2) is 0 Å². The molecule has 5 N–H and O–H groups in total. The fraction of sp³-hybridized carbons (Fsp3) is 0.154. The average Bonchev–Trinajstić information content (AvgIpc) is 2.44. The highest BCUT2D eigenvalue weighted by Gasteiger charge is 2.13. The van der Waals surface area contributed by atoms with Gasteiger partial charge in [-0.2, -0.15) is 0 Å². The molecule has 0 unspecified atom stereocenters. The highest BCUT2D eigenvalue weighted by Crippen LogP contribution is 2.18. The normalized spacial score (nSPS) is 10.2. The Balaban J connectivity index is 2.61. The first-order valence-corrected chi connectivity index (χ1v) is 5.94. The molecule has 1 aromatic carbocycles. The minimum atomic E-state index is -0.457. The molecule has 0 aliphatic carbocycles. The van der Waals surface area contributed by atoms with E-state index in [1.807, 2.05) is 0 Å². The summed E-state index contributed by atoms with van der Waals surface area (Å²) in [6.07, 6.45) is 1.28. The van der Waals surface area contributed by atoms with Crippen molar-refractivity contribution in [2.75, 3.05) is 18.5 Å². The van der Waals surface area contributed by atoms with Crippen LogP contribution in [0.4, 0.5) is 11.4 Å². The number of amides is 1. The number of nitrogens with zero attached hydrogens (tertiary/aromatic N) is 2. The van der Waals surface area contributed by atoms with Gasteiger partial charge >= 0.3 is 0 Å². The Labute approximate surface area is 115 Å². The number of nitrogen functional groups attached to an aromatic ring is 2. The minimum absolute atomic E-state index is 0.0124. The van der Waals surface area contributed by atoms with Gasteiger partial charge in [-0.15, -0.1) is 0 Å². The topological polar surface area (TPSA) is 116 Å². The molecule has 0 saturated carbocycles. The van der Waals surface area contributed by atoms with Crippen LogP contribution in [0.25, 0.3) is 11.4 Å². The number of aromatic nitrogens is 2. The van der Waals surface area contributed by atoms with E-state index in [1.54, 1.807) is 24.3 Å². The van der Waals surface area contributed by atoms with Crippen LogP contribution in [0, 0.1) is 0 Å². The van der Waals surface area contributed by atoms with Crippen molar-refractivity contribution in [2.24, 2.45) is 0 Å². The average molecular weight is 273 g/mol. The summed E-state index contributed by atoms with van der Waals surface area (Å²) in [6.45, 7) is -0.155. The summed E-state index contributed by atoms with van der Waals surface area (Å²) in [6, 6.07) is 6.91. The third kappa shape index (κ3) is 2.61. The third-order valence-corrected chi connectivity index (χ3v) is 2.80. The maximum absolute atomic E-state index is 12.1. The fourth-order valence-corrected chi connectivity index (χ4v) is 1.79. The summed E-state index contributed by atoms with van der Waals surface area (Å²) >= 11 is 0. The van der Waals surface area contributed by atoms with Gasteiger partial charge in [0, 0.05) is 18.3 Å². The SMILES string of the molecule is CNC(=O)Cn1c(-c2cccc(N)c2)ncc(N)c1=O. The largest absolute Gasteiger partial charge is 0.399 e. The first-order chi connectivity index (χ1) is 9.52. The van der Waals surface area contributed by atoms with Gasteiger partial charge in [0.1, 0.15) is 18.1 Å². The van der Waals surface area contributed by atoms with Crippen LogP contribution in [0.3, 0.4) is 0 Å². The van der Waals surface area contributed by atoms with Gasteiger partial charge in [-0.05, 0) is 12.1 Å². The molecule has 1 heterocycles. The molecule has 0 aliphatic heterocycles. The number of hydrogen-bond acceptors (Lipinski definition) is 5. The summed E-state index contributed by atoms with van der Waals surface area (Å²) in [4.78, 5) is 27.8. The number of nitrogens with two attached hydrogens (primary N) is 2. The van der Waals surface area contributed by atoms with E-state index in [1.165, 1.54) is 17.8 Å². The zero-order valence-corrected chi connectivity index (χ0v) is 11.0. The second-order valence-corrected chi connectivity index (χ2v) is 4.23. The highest BCUT2D eigenvalue weighted by atomic mass is 16.2. The Morgan fingerprint density at radius 1 is 1.40 bits per heavy atom. The lowest BCUT2D eigenvalue weighted by molar-refractivity contribution is -0.121. The van der Waals surface area contributed by atoms with Crippen LogP contribution < -0.4 is 22.3 Å². The van der Waals surface area contributed by atoms with Gasteiger partial charge in [0.2, 0.25) is 5.91 Å². The molecule has 7 nitrogen and oxygen atoms in total. The van der Waals surface area contributed by atoms with Crippen LogP contribution in [-0.2, 0) is 11.3 Å². The first-order valence-electron chi connectivity index (χ1n) is 5.94. The van der Waals surface area contributed by atoms with E-state index in [9.17, 15) is 9.59 Å². The Kier molecular flexibility index (Phi) is 3.69. The molecule has 2 aromatic rings. The van der Waals surface area contributed by atoms with Crippen molar-refractivity contribution in [2.45, 2.75) is 6.54 Å². The van der Waals surface area contributed by atoms with Crippen molar-refractivity contribution in [1.29, 1.82) is 0 Å². The van der Waals surface area contributed by atoms with Crippen LogP contribution in [0.15, 0.2) is 35.3 Å². The van der Waals surface area contributed by atoms with Gasteiger partial charge in [-0.25, -0.2) is 4.98 Å². The number of rotatable bonds is 3. The second kappa shape index (κ2) is 5.43. The van der Waals surface area contributed by atoms with E-state index in [4.69, 9.17) is 11.5 Å². The molecular formula is C13H15N5O2. The summed E-state index contributed by atoms with van der Waals surface area (Å²) < 4.78 is 1.23. The monoisotopic (exact) mass is 273 g/mol. The summed E-state index contributed by atoms with van der Waals surface area (Å²) in [5.74, 6) is 0.0322. The van der Waals surface area contributed by atoms with Crippen LogP contribution >= 0.6 is 0 Å². The Morgan fingerprint density at radius 2 is 2.15 bits per heavy atom. The predicted octanol–water partition coefficient (Wildman–Crippen LogP) is -0.179. The number of likely N-dealkylation sites (N-methyl/N-ethyl adjacent to an activating group) is 1. The number of hydrogen-bond donors (Lipinski definition) is 3. The molecule has 1 aromatic heterocycles. The maximum Gasteiger partial charge on any atom is 0.277 e. The van der Waals surface area contributed by atoms with E-state index in [2.05, 4.69) is 10.3 Å². The van der Waals surface area contributed by atoms with Crippen molar-refractivity contribution in [3.8, 4) is 11.4 Å². The molecule has 0 radical (unpaired) electrons. The Morgan fingerprint density at radius 3 is 2.80 bits per heavy atom. The molecule has 0 bridgehead atoms. The van der Waals surface area contributed by atoms with Gasteiger partial charge < -0.3 is 16.8 Å². The summed E-state index contributed by atoms with van der Waals surface area (Å²) in [7, 11) is 1.49. The van der Waals surface area contributed by atoms with E-state index in [0.29, 0.717) is 17.1 Å². The van der Waals surface area contributed by atoms with E-state index in [0.717, 1.165) is 0 Å². The Bertz CT molecular complexity index is 708. The number of nitrogens with one attached hydrogen (secondary N) is 1. The molecule has 0 fully saturated rings. The molecule has 0 saturated heterocycles. The lowest BCUT2D eigenvalue weighted by Gasteiger charge is -2.12. The van der Waals surface area contributed by atoms with E-state index in [-0.39, 0.29) is 18.1 Å². The standard InChI is InChI=1S/C13H15N5O2/c1-16-11(19)7-18-12(17-6-10(15)13(18)20)8-3-2-4-9(14)5-8/h2-6H,7,14-15H2,1H3,(H,16,19). The predicted molar refractivity (Wildman–Crippen MR) is 76.8 cm³/mol. The van der Waals surface area contributed by atoms with Crippen molar-refractivity contribution < 1.29 is 4.79 Å². The minimum Gasteiger partial charge on any atom is -0.399 e. The van der Waals surface area contributed by atoms with Gasteiger partial charge in [0.25, 0.3) is 5.56 Å². The maximum atomic E-state index is 12.1. The second-order valence-electron chi connectivity index (χ2n) is 4.23. The smallest absolute Gasteiger partial charge is 0.277 e. The van der Waals surface area contributed by atoms with E-state index >= 15 is 0 Å². The van der Waals surface area contributed by atoms with Gasteiger partial charge in [-0.3, -0.25) is 14.2 Å². The van der Waals surface area contributed by atoms with Gasteiger partial charge in [-0.1, -0.05) is 12.1 Å². The molecule has 0 spiro atoms. The van der Waals surface area contributed by atoms with Crippen LogP contribution in [0.1, 0.15) is 0 Å². The highest BCUT2D eigenvalue weighted by molar-refractivity contribution is 5.76. The lowest BCUT2D eigenvalue weighted by atomic mass is 10.2. The fourth-order valence-electron chi connectivity index (χ4n) is 1.79. The molecule has 7 heteroatoms. The zero-order chi connectivity index (χ0) is 14.7. The molecule has 104 valence electrons. The van der Waals surface area contributed by atoms with Crippen LogP contribution in [0.2, 0.25) is 0 Å². The van der Waals surface area contributed by atoms with Crippen molar-refractivity contribution in [3.05, 3.63) is 40.8 Å². The Hall–Kier alpha value is -2.83. The van der Waals surface area contributed by atoms with Gasteiger partial charge in [0.05, 0.1) is 6.20 Å². The van der Waals surface area contributed by atoms with Crippen LogP contribution in [-0.4, -0.2) is 22.5 Å². The summed E-state index contributed by atoms with van der Waals surface area (Å²) in [5.41, 5.74) is 12.0. The number of carbonyl (C=O) groups excluding carboxylic acids is 1. The van der Waals surface area contributed by atoms with Crippen LogP contribution in [0.5, 0.6) is 0 Å².